The van der Waals surface area contributed by atoms with Crippen LogP contribution in [0.2, 0.25) is 0 Å². The fraction of sp³-hybridized carbons (Fsp3) is 0.150. The van der Waals surface area contributed by atoms with Crippen molar-refractivity contribution in [2.45, 2.75) is 11.8 Å². The zero-order valence-electron chi connectivity index (χ0n) is 14.2. The highest BCUT2D eigenvalue weighted by Gasteiger charge is 2.31. The number of benzene rings is 2. The largest absolute Gasteiger partial charge is 0.463 e. The van der Waals surface area contributed by atoms with E-state index in [4.69, 9.17) is 4.74 Å². The molecule has 2 aromatic rings. The van der Waals surface area contributed by atoms with Gasteiger partial charge in [-0.15, -0.1) is 0 Å². The summed E-state index contributed by atoms with van der Waals surface area (Å²) in [5, 5.41) is 0.386. The maximum Gasteiger partial charge on any atom is 0.333 e. The van der Waals surface area contributed by atoms with E-state index in [9.17, 15) is 14.4 Å². The fourth-order valence-corrected chi connectivity index (χ4v) is 3.60. The van der Waals surface area contributed by atoms with Gasteiger partial charge in [0.2, 0.25) is 0 Å². The molecule has 5 nitrogen and oxygen atoms in total. The first-order valence-corrected chi connectivity index (χ1v) is 8.97. The maximum absolute atomic E-state index is 12.9. The van der Waals surface area contributed by atoms with E-state index in [0.717, 1.165) is 4.90 Å². The SMILES string of the molecule is CCOC(=O)/C=C1/Sc2ccccc2C(=O)N1CC(=O)c1ccccc1. The quantitative estimate of drug-likeness (QED) is 0.460. The van der Waals surface area contributed by atoms with Crippen molar-refractivity contribution in [3.63, 3.8) is 0 Å². The molecule has 0 radical (unpaired) electrons. The van der Waals surface area contributed by atoms with Gasteiger partial charge in [0.25, 0.3) is 5.91 Å². The summed E-state index contributed by atoms with van der Waals surface area (Å²) in [4.78, 5) is 39.5. The Bertz CT molecular complexity index is 876. The third kappa shape index (κ3) is 3.86. The van der Waals surface area contributed by atoms with Gasteiger partial charge in [-0.05, 0) is 19.1 Å². The Morgan fingerprint density at radius 2 is 1.77 bits per heavy atom. The third-order valence-electron chi connectivity index (χ3n) is 3.77. The number of nitrogens with zero attached hydrogens (tertiary/aromatic N) is 1. The van der Waals surface area contributed by atoms with E-state index >= 15 is 0 Å². The number of rotatable bonds is 5. The number of esters is 1. The van der Waals surface area contributed by atoms with Gasteiger partial charge in [-0.1, -0.05) is 54.2 Å². The van der Waals surface area contributed by atoms with Crippen molar-refractivity contribution in [3.05, 3.63) is 76.8 Å². The van der Waals surface area contributed by atoms with Gasteiger partial charge < -0.3 is 4.74 Å². The van der Waals surface area contributed by atoms with Gasteiger partial charge in [0.05, 0.1) is 29.8 Å². The summed E-state index contributed by atoms with van der Waals surface area (Å²) in [5.74, 6) is -1.05. The molecular weight excluding hydrogens is 350 g/mol. The van der Waals surface area contributed by atoms with Crippen LogP contribution < -0.4 is 0 Å². The number of ether oxygens (including phenoxy) is 1. The molecule has 1 aliphatic heterocycles. The number of Topliss-reactive ketones (excluding diaryl/α,β-unsaturated/α-hetero) is 1. The Labute approximate surface area is 155 Å². The predicted octanol–water partition coefficient (Wildman–Crippen LogP) is 3.52. The normalized spacial score (nSPS) is 14.9. The monoisotopic (exact) mass is 367 g/mol. The lowest BCUT2D eigenvalue weighted by Crippen LogP contribution is -2.37. The molecule has 0 atom stereocenters. The van der Waals surface area contributed by atoms with Crippen molar-refractivity contribution in [2.75, 3.05) is 13.2 Å². The zero-order chi connectivity index (χ0) is 18.5. The number of ketones is 1. The molecule has 0 aliphatic carbocycles. The third-order valence-corrected chi connectivity index (χ3v) is 4.89. The highest BCUT2D eigenvalue weighted by Crippen LogP contribution is 2.38. The first kappa shape index (κ1) is 17.9. The standard InChI is InChI=1S/C20H17NO4S/c1-2-25-19(23)12-18-21(13-16(22)14-8-4-3-5-9-14)20(24)15-10-6-7-11-17(15)26-18/h3-12H,2,13H2,1H3/b18-12+. The number of hydrogen-bond acceptors (Lipinski definition) is 5. The molecule has 0 bridgehead atoms. The second kappa shape index (κ2) is 8.01. The van der Waals surface area contributed by atoms with Gasteiger partial charge in [0, 0.05) is 10.5 Å². The summed E-state index contributed by atoms with van der Waals surface area (Å²) in [6.45, 7) is 1.80. The predicted molar refractivity (Wildman–Crippen MR) is 98.8 cm³/mol. The number of hydrogen-bond donors (Lipinski definition) is 0. The van der Waals surface area contributed by atoms with Crippen LogP contribution in [0.1, 0.15) is 27.6 Å². The Kier molecular flexibility index (Phi) is 5.53. The maximum atomic E-state index is 12.9. The van der Waals surface area contributed by atoms with Crippen molar-refractivity contribution in [1.29, 1.82) is 0 Å². The first-order chi connectivity index (χ1) is 12.6. The Morgan fingerprint density at radius 1 is 1.08 bits per heavy atom. The minimum Gasteiger partial charge on any atom is -0.463 e. The van der Waals surface area contributed by atoms with E-state index in [1.807, 2.05) is 18.2 Å². The molecule has 26 heavy (non-hydrogen) atoms. The number of carbonyl (C=O) groups is 3. The average Bonchev–Trinajstić information content (AvgIpc) is 2.65. The number of fused-ring (bicyclic) bond motifs is 1. The van der Waals surface area contributed by atoms with E-state index < -0.39 is 5.97 Å². The van der Waals surface area contributed by atoms with Crippen LogP contribution in [0, 0.1) is 0 Å². The van der Waals surface area contributed by atoms with Crippen LogP contribution in [0.3, 0.4) is 0 Å². The topological polar surface area (TPSA) is 63.7 Å². The van der Waals surface area contributed by atoms with Crippen LogP contribution in [-0.4, -0.2) is 35.7 Å². The molecule has 1 heterocycles. The summed E-state index contributed by atoms with van der Waals surface area (Å²) in [6, 6.07) is 15.9. The molecule has 2 aromatic carbocycles. The van der Waals surface area contributed by atoms with Crippen LogP contribution in [0.4, 0.5) is 0 Å². The van der Waals surface area contributed by atoms with Gasteiger partial charge in [0.1, 0.15) is 0 Å². The molecule has 1 aliphatic rings. The molecule has 0 fully saturated rings. The summed E-state index contributed by atoms with van der Waals surface area (Å²) >= 11 is 1.27. The van der Waals surface area contributed by atoms with Crippen molar-refractivity contribution in [2.24, 2.45) is 0 Å². The van der Waals surface area contributed by atoms with Crippen LogP contribution in [-0.2, 0) is 9.53 Å². The molecule has 0 saturated heterocycles. The number of carbonyl (C=O) groups excluding carboxylic acids is 3. The van der Waals surface area contributed by atoms with E-state index in [-0.39, 0.29) is 24.8 Å². The van der Waals surface area contributed by atoms with Crippen molar-refractivity contribution in [1.82, 2.24) is 4.90 Å². The van der Waals surface area contributed by atoms with Crippen LogP contribution >= 0.6 is 11.8 Å². The molecule has 0 unspecified atom stereocenters. The summed E-state index contributed by atoms with van der Waals surface area (Å²) in [6.07, 6.45) is 1.26. The Hall–Kier alpha value is -2.86. The minimum absolute atomic E-state index is 0.143. The lowest BCUT2D eigenvalue weighted by atomic mass is 10.1. The van der Waals surface area contributed by atoms with Gasteiger partial charge in [-0.2, -0.15) is 0 Å². The molecule has 0 saturated carbocycles. The van der Waals surface area contributed by atoms with Crippen molar-refractivity contribution >= 4 is 29.4 Å². The van der Waals surface area contributed by atoms with Gasteiger partial charge in [-0.3, -0.25) is 14.5 Å². The molecule has 3 rings (SSSR count). The van der Waals surface area contributed by atoms with Gasteiger partial charge in [-0.25, -0.2) is 4.79 Å². The van der Waals surface area contributed by atoms with E-state index in [2.05, 4.69) is 0 Å². The first-order valence-electron chi connectivity index (χ1n) is 8.15. The smallest absolute Gasteiger partial charge is 0.333 e. The van der Waals surface area contributed by atoms with Crippen LogP contribution in [0.15, 0.2) is 70.6 Å². The molecule has 0 N–H and O–H groups in total. The molecule has 6 heteroatoms. The summed E-state index contributed by atoms with van der Waals surface area (Å²) in [5.41, 5.74) is 1.03. The fourth-order valence-electron chi connectivity index (χ4n) is 2.55. The van der Waals surface area contributed by atoms with Crippen LogP contribution in [0.25, 0.3) is 0 Å². The minimum atomic E-state index is -0.542. The number of thioether (sulfide) groups is 1. The summed E-state index contributed by atoms with van der Waals surface area (Å²) in [7, 11) is 0. The molecular formula is C20H17NO4S. The Morgan fingerprint density at radius 3 is 2.50 bits per heavy atom. The van der Waals surface area contributed by atoms with Crippen molar-refractivity contribution < 1.29 is 19.1 Å². The highest BCUT2D eigenvalue weighted by atomic mass is 32.2. The van der Waals surface area contributed by atoms with Gasteiger partial charge >= 0.3 is 5.97 Å². The summed E-state index contributed by atoms with van der Waals surface area (Å²) < 4.78 is 4.95. The van der Waals surface area contributed by atoms with E-state index in [1.165, 1.54) is 22.7 Å². The second-order valence-electron chi connectivity index (χ2n) is 5.51. The Balaban J connectivity index is 1.94. The van der Waals surface area contributed by atoms with E-state index in [1.54, 1.807) is 43.3 Å². The number of amides is 1. The molecule has 0 spiro atoms. The molecule has 0 aromatic heterocycles. The lowest BCUT2D eigenvalue weighted by Gasteiger charge is -2.29. The average molecular weight is 367 g/mol. The van der Waals surface area contributed by atoms with Crippen molar-refractivity contribution in [3.8, 4) is 0 Å². The van der Waals surface area contributed by atoms with Crippen LogP contribution in [0.5, 0.6) is 0 Å². The second-order valence-corrected chi connectivity index (χ2v) is 6.58. The molecule has 1 amide bonds. The molecule has 132 valence electrons. The highest BCUT2D eigenvalue weighted by molar-refractivity contribution is 8.03. The zero-order valence-corrected chi connectivity index (χ0v) is 15.0. The van der Waals surface area contributed by atoms with Gasteiger partial charge in [0.15, 0.2) is 5.78 Å². The lowest BCUT2D eigenvalue weighted by molar-refractivity contribution is -0.137. The van der Waals surface area contributed by atoms with E-state index in [0.29, 0.717) is 16.2 Å².